The van der Waals surface area contributed by atoms with Crippen molar-refractivity contribution < 1.29 is 14.6 Å². The van der Waals surface area contributed by atoms with Gasteiger partial charge in [0.05, 0.1) is 0 Å². The summed E-state index contributed by atoms with van der Waals surface area (Å²) in [5, 5.41) is 10.4. The molecule has 0 amide bonds. The van der Waals surface area contributed by atoms with Gasteiger partial charge < -0.3 is 9.84 Å². The minimum atomic E-state index is -0.978. The number of aliphatic hydroxyl groups excluding tert-OH is 1. The summed E-state index contributed by atoms with van der Waals surface area (Å²) in [6, 6.07) is 9.55. The number of aldehydes is 1. The molecule has 1 aliphatic rings. The summed E-state index contributed by atoms with van der Waals surface area (Å²) in [7, 11) is 5.15. The molecule has 0 spiro atoms. The van der Waals surface area contributed by atoms with Crippen molar-refractivity contribution in [1.29, 1.82) is 0 Å². The van der Waals surface area contributed by atoms with E-state index in [0.717, 1.165) is 17.4 Å². The maximum absolute atomic E-state index is 11.4. The van der Waals surface area contributed by atoms with Crippen LogP contribution in [0, 0.1) is 0 Å². The fourth-order valence-corrected chi connectivity index (χ4v) is 2.52. The first-order valence-electron chi connectivity index (χ1n) is 6.42. The minimum Gasteiger partial charge on any atom is -0.508 e. The van der Waals surface area contributed by atoms with Gasteiger partial charge in [-0.05, 0) is 31.3 Å². The van der Waals surface area contributed by atoms with Crippen LogP contribution in [0.25, 0.3) is 5.57 Å². The number of likely N-dealkylation sites (N-methyl/N-ethyl adjacent to an activating group) is 1. The Balaban J connectivity index is 2.53. The van der Waals surface area contributed by atoms with Gasteiger partial charge in [0.1, 0.15) is 12.0 Å². The highest BCUT2D eigenvalue weighted by Gasteiger charge is 2.41. The first-order valence-corrected chi connectivity index (χ1v) is 6.42. The molecule has 0 saturated heterocycles. The van der Waals surface area contributed by atoms with E-state index in [1.165, 1.54) is 7.11 Å². The molecule has 1 aliphatic carbocycles. The van der Waals surface area contributed by atoms with Crippen molar-refractivity contribution in [1.82, 2.24) is 4.90 Å². The van der Waals surface area contributed by atoms with Crippen molar-refractivity contribution in [2.45, 2.75) is 12.1 Å². The van der Waals surface area contributed by atoms with Gasteiger partial charge in [-0.3, -0.25) is 9.69 Å². The Kier molecular flexibility index (Phi) is 4.06. The summed E-state index contributed by atoms with van der Waals surface area (Å²) in [6.07, 6.45) is 2.77. The molecule has 0 heterocycles. The van der Waals surface area contributed by atoms with E-state index in [0.29, 0.717) is 12.0 Å². The minimum absolute atomic E-state index is 0.106. The Hall–Kier alpha value is -1.91. The van der Waals surface area contributed by atoms with E-state index in [-0.39, 0.29) is 5.76 Å². The fourth-order valence-electron chi connectivity index (χ4n) is 2.52. The third-order valence-corrected chi connectivity index (χ3v) is 3.74. The zero-order chi connectivity index (χ0) is 14.8. The van der Waals surface area contributed by atoms with Gasteiger partial charge in [0, 0.05) is 19.1 Å². The zero-order valence-electron chi connectivity index (χ0n) is 12.0. The van der Waals surface area contributed by atoms with Crippen LogP contribution in [0.15, 0.2) is 47.7 Å². The maximum Gasteiger partial charge on any atom is 0.182 e. The van der Waals surface area contributed by atoms with E-state index >= 15 is 0 Å². The predicted octanol–water partition coefficient (Wildman–Crippen LogP) is 2.39. The van der Waals surface area contributed by atoms with Gasteiger partial charge in [0.15, 0.2) is 5.72 Å². The molecule has 1 N–H and O–H groups in total. The van der Waals surface area contributed by atoms with E-state index in [1.54, 1.807) is 11.0 Å². The Morgan fingerprint density at radius 2 is 1.95 bits per heavy atom. The van der Waals surface area contributed by atoms with Crippen molar-refractivity contribution in [2.75, 3.05) is 21.2 Å². The molecule has 2 rings (SSSR count). The third-order valence-electron chi connectivity index (χ3n) is 3.74. The van der Waals surface area contributed by atoms with Gasteiger partial charge in [0.2, 0.25) is 0 Å². The van der Waals surface area contributed by atoms with E-state index in [9.17, 15) is 9.90 Å². The lowest BCUT2D eigenvalue weighted by molar-refractivity contribution is -0.115. The van der Waals surface area contributed by atoms with E-state index in [2.05, 4.69) is 0 Å². The summed E-state index contributed by atoms with van der Waals surface area (Å²) in [5.74, 6) is 0.106. The van der Waals surface area contributed by atoms with Crippen LogP contribution in [-0.4, -0.2) is 43.2 Å². The maximum atomic E-state index is 11.4. The quantitative estimate of drug-likeness (QED) is 0.676. The number of benzene rings is 1. The molecule has 4 nitrogen and oxygen atoms in total. The Bertz CT molecular complexity index is 560. The number of carbonyl (C=O) groups is 1. The average Bonchev–Trinajstić information content (AvgIpc) is 2.47. The van der Waals surface area contributed by atoms with Crippen LogP contribution < -0.4 is 0 Å². The summed E-state index contributed by atoms with van der Waals surface area (Å²) in [6.45, 7) is 0. The van der Waals surface area contributed by atoms with E-state index in [4.69, 9.17) is 4.74 Å². The van der Waals surface area contributed by atoms with Crippen LogP contribution in [0.5, 0.6) is 0 Å². The van der Waals surface area contributed by atoms with Crippen molar-refractivity contribution in [3.8, 4) is 0 Å². The molecule has 0 saturated carbocycles. The molecule has 0 bridgehead atoms. The van der Waals surface area contributed by atoms with Gasteiger partial charge in [0.25, 0.3) is 0 Å². The van der Waals surface area contributed by atoms with Gasteiger partial charge in [-0.25, -0.2) is 0 Å². The predicted molar refractivity (Wildman–Crippen MR) is 78.2 cm³/mol. The van der Waals surface area contributed by atoms with E-state index in [1.807, 2.05) is 44.4 Å². The number of allylic oxidation sites excluding steroid dienone is 2. The van der Waals surface area contributed by atoms with Gasteiger partial charge in [-0.15, -0.1) is 0 Å². The normalized spacial score (nSPS) is 22.9. The highest BCUT2D eigenvalue weighted by molar-refractivity contribution is 5.93. The van der Waals surface area contributed by atoms with Crippen molar-refractivity contribution in [3.05, 3.63) is 53.3 Å². The lowest BCUT2D eigenvalue weighted by atomic mass is 9.86. The molecular formula is C16H19NO3. The molecule has 0 aliphatic heterocycles. The number of carbonyl (C=O) groups excluding carboxylic acids is 1. The molecule has 4 heteroatoms. The van der Waals surface area contributed by atoms with Crippen LogP contribution >= 0.6 is 0 Å². The summed E-state index contributed by atoms with van der Waals surface area (Å²) < 4.78 is 5.48. The number of hydrogen-bond acceptors (Lipinski definition) is 4. The lowest BCUT2D eigenvalue weighted by Gasteiger charge is -2.40. The van der Waals surface area contributed by atoms with Crippen LogP contribution in [0.3, 0.4) is 0 Å². The third kappa shape index (κ3) is 2.28. The van der Waals surface area contributed by atoms with Crippen molar-refractivity contribution in [2.24, 2.45) is 0 Å². The molecule has 1 unspecified atom stereocenters. The number of ether oxygens (including phenoxy) is 1. The molecule has 0 aromatic heterocycles. The largest absolute Gasteiger partial charge is 0.508 e. The van der Waals surface area contributed by atoms with E-state index < -0.39 is 5.72 Å². The molecular weight excluding hydrogens is 254 g/mol. The zero-order valence-corrected chi connectivity index (χ0v) is 12.0. The molecule has 1 aromatic rings. The Labute approximate surface area is 119 Å². The fraction of sp³-hybridized carbons (Fsp3) is 0.312. The van der Waals surface area contributed by atoms with Crippen molar-refractivity contribution in [3.63, 3.8) is 0 Å². The van der Waals surface area contributed by atoms with Crippen LogP contribution in [0.2, 0.25) is 0 Å². The number of hydrogen-bond donors (Lipinski definition) is 1. The summed E-state index contributed by atoms with van der Waals surface area (Å²) in [4.78, 5) is 13.2. The van der Waals surface area contributed by atoms with Crippen LogP contribution in [0.4, 0.5) is 0 Å². The second-order valence-corrected chi connectivity index (χ2v) is 5.01. The van der Waals surface area contributed by atoms with Crippen LogP contribution in [-0.2, 0) is 9.53 Å². The van der Waals surface area contributed by atoms with Gasteiger partial charge >= 0.3 is 0 Å². The lowest BCUT2D eigenvalue weighted by Crippen LogP contribution is -2.49. The Morgan fingerprint density at radius 3 is 2.45 bits per heavy atom. The molecule has 0 radical (unpaired) electrons. The second kappa shape index (κ2) is 5.61. The number of rotatable bonds is 4. The van der Waals surface area contributed by atoms with Crippen molar-refractivity contribution >= 4 is 11.9 Å². The van der Waals surface area contributed by atoms with Gasteiger partial charge in [-0.2, -0.15) is 0 Å². The monoisotopic (exact) mass is 273 g/mol. The molecule has 1 aromatic carbocycles. The summed E-state index contributed by atoms with van der Waals surface area (Å²) in [5.41, 5.74) is 1.29. The Morgan fingerprint density at radius 1 is 1.30 bits per heavy atom. The number of nitrogens with zero attached hydrogens (tertiary/aromatic N) is 1. The smallest absolute Gasteiger partial charge is 0.182 e. The first-order chi connectivity index (χ1) is 9.55. The molecule has 106 valence electrons. The topological polar surface area (TPSA) is 49.8 Å². The summed E-state index contributed by atoms with van der Waals surface area (Å²) >= 11 is 0. The number of aliphatic hydroxyl groups is 1. The first kappa shape index (κ1) is 14.5. The van der Waals surface area contributed by atoms with Gasteiger partial charge in [-0.1, -0.05) is 30.3 Å². The standard InChI is InChI=1S/C16H19NO3/c1-17(2)16(20-3)10-13(11-18)14(9-15(16)19)12-7-5-4-6-8-12/h4-9,11,19H,10H2,1-3H3. The second-order valence-electron chi connectivity index (χ2n) is 5.01. The molecule has 20 heavy (non-hydrogen) atoms. The molecule has 1 atom stereocenters. The highest BCUT2D eigenvalue weighted by Crippen LogP contribution is 2.38. The SMILES string of the molecule is COC1(N(C)C)CC(C=O)=C(c2ccccc2)C=C1O. The van der Waals surface area contributed by atoms with Crippen LogP contribution in [0.1, 0.15) is 12.0 Å². The highest BCUT2D eigenvalue weighted by atomic mass is 16.5. The number of methoxy groups -OCH3 is 1. The molecule has 0 fully saturated rings. The average molecular weight is 273 g/mol.